The molecule has 0 bridgehead atoms. The Kier molecular flexibility index (Phi) is 8.04. The Bertz CT molecular complexity index is 1440. The van der Waals surface area contributed by atoms with Crippen molar-refractivity contribution in [1.82, 2.24) is 9.47 Å². The normalized spacial score (nSPS) is 22.7. The molecule has 2 aliphatic carbocycles. The van der Waals surface area contributed by atoms with Gasteiger partial charge < -0.3 is 19.5 Å². The second-order valence-electron chi connectivity index (χ2n) is 12.6. The zero-order chi connectivity index (χ0) is 27.2. The Labute approximate surface area is 249 Å². The quantitative estimate of drug-likeness (QED) is 0.350. The molecule has 1 saturated heterocycles. The Hall–Kier alpha value is -2.99. The second-order valence-corrected chi connectivity index (χ2v) is 12.6. The van der Waals surface area contributed by atoms with Crippen LogP contribution in [0.1, 0.15) is 92.5 Å². The fraction of sp³-hybridized carbons (Fsp3) is 0.529. The maximum Gasteiger partial charge on any atom is 0.335 e. The summed E-state index contributed by atoms with van der Waals surface area (Å²) >= 11 is 0. The third-order valence-corrected chi connectivity index (χ3v) is 10.3. The van der Waals surface area contributed by atoms with Gasteiger partial charge >= 0.3 is 5.97 Å². The molecule has 2 aliphatic heterocycles. The molecule has 218 valence electrons. The number of fused-ring (bicyclic) bond motifs is 6. The van der Waals surface area contributed by atoms with E-state index in [9.17, 15) is 14.7 Å². The van der Waals surface area contributed by atoms with Crippen LogP contribution >= 0.6 is 12.4 Å². The summed E-state index contributed by atoms with van der Waals surface area (Å²) in [5.41, 5.74) is 6.27. The fourth-order valence-electron chi connectivity index (χ4n) is 8.48. The maximum absolute atomic E-state index is 13.9. The van der Waals surface area contributed by atoms with Gasteiger partial charge in [-0.15, -0.1) is 12.4 Å². The molecule has 41 heavy (non-hydrogen) atoms. The van der Waals surface area contributed by atoms with Crippen molar-refractivity contribution < 1.29 is 14.7 Å². The first kappa shape index (κ1) is 28.1. The molecule has 7 heteroatoms. The van der Waals surface area contributed by atoms with Crippen LogP contribution < -0.4 is 4.90 Å². The summed E-state index contributed by atoms with van der Waals surface area (Å²) in [6, 6.07) is 14.7. The number of benzene rings is 2. The predicted octanol–water partition coefficient (Wildman–Crippen LogP) is 7.48. The first-order chi connectivity index (χ1) is 19.6. The predicted molar refractivity (Wildman–Crippen MR) is 166 cm³/mol. The molecule has 2 saturated carbocycles. The molecule has 2 unspecified atom stereocenters. The number of carbonyl (C=O) groups is 2. The highest BCUT2D eigenvalue weighted by Gasteiger charge is 2.37. The fourth-order valence-corrected chi connectivity index (χ4v) is 8.48. The summed E-state index contributed by atoms with van der Waals surface area (Å²) in [6.45, 7) is 2.75. The van der Waals surface area contributed by atoms with Gasteiger partial charge in [0.2, 0.25) is 5.91 Å². The van der Waals surface area contributed by atoms with E-state index in [-0.39, 0.29) is 18.3 Å². The first-order valence-corrected chi connectivity index (χ1v) is 15.6. The van der Waals surface area contributed by atoms with Gasteiger partial charge in [-0.05, 0) is 74.1 Å². The van der Waals surface area contributed by atoms with Gasteiger partial charge in [-0.1, -0.05) is 56.4 Å². The Morgan fingerprint density at radius 3 is 2.41 bits per heavy atom. The Morgan fingerprint density at radius 2 is 1.59 bits per heavy atom. The average Bonchev–Trinajstić information content (AvgIpc) is 3.23. The minimum Gasteiger partial charge on any atom is -0.478 e. The number of halogens is 1. The van der Waals surface area contributed by atoms with Crippen LogP contribution in [0.3, 0.4) is 0 Å². The molecule has 3 fully saturated rings. The topological polar surface area (TPSA) is 65.8 Å². The highest BCUT2D eigenvalue weighted by molar-refractivity contribution is 6.00. The molecule has 2 atom stereocenters. The number of likely N-dealkylation sites (tertiary alicyclic amines) is 1. The van der Waals surface area contributed by atoms with Crippen molar-refractivity contribution >= 4 is 40.9 Å². The van der Waals surface area contributed by atoms with E-state index in [0.717, 1.165) is 43.7 Å². The lowest BCUT2D eigenvalue weighted by atomic mass is 9.78. The van der Waals surface area contributed by atoms with Crippen LogP contribution in [0.2, 0.25) is 0 Å². The molecule has 0 radical (unpaired) electrons. The molecular formula is C34H42ClN3O3. The van der Waals surface area contributed by atoms with Crippen molar-refractivity contribution in [3.8, 4) is 11.3 Å². The molecule has 4 aliphatic rings. The van der Waals surface area contributed by atoms with Crippen LogP contribution in [0.15, 0.2) is 42.5 Å². The van der Waals surface area contributed by atoms with Gasteiger partial charge in [0.1, 0.15) is 0 Å². The number of carboxylic acids is 1. The smallest absolute Gasteiger partial charge is 0.335 e. The van der Waals surface area contributed by atoms with Gasteiger partial charge in [0.25, 0.3) is 0 Å². The summed E-state index contributed by atoms with van der Waals surface area (Å²) in [4.78, 5) is 30.4. The molecule has 7 rings (SSSR count). The first-order valence-electron chi connectivity index (χ1n) is 15.6. The molecule has 1 N–H and O–H groups in total. The second kappa shape index (κ2) is 11.7. The summed E-state index contributed by atoms with van der Waals surface area (Å²) in [5.74, 6) is 0.529. The number of carbonyl (C=O) groups excluding carboxylic acids is 1. The zero-order valence-electron chi connectivity index (χ0n) is 23.9. The van der Waals surface area contributed by atoms with Gasteiger partial charge in [-0.25, -0.2) is 4.79 Å². The van der Waals surface area contributed by atoms with Gasteiger partial charge in [-0.2, -0.15) is 0 Å². The van der Waals surface area contributed by atoms with Crippen LogP contribution in [0, 0.1) is 5.92 Å². The monoisotopic (exact) mass is 575 g/mol. The summed E-state index contributed by atoms with van der Waals surface area (Å²) in [7, 11) is 0. The van der Waals surface area contributed by atoms with E-state index in [2.05, 4.69) is 38.6 Å². The molecule has 0 spiro atoms. The third-order valence-electron chi connectivity index (χ3n) is 10.3. The van der Waals surface area contributed by atoms with Crippen molar-refractivity contribution in [3.05, 3.63) is 53.6 Å². The van der Waals surface area contributed by atoms with Gasteiger partial charge in [0, 0.05) is 47.8 Å². The van der Waals surface area contributed by atoms with E-state index in [1.54, 1.807) is 6.07 Å². The number of amides is 1. The van der Waals surface area contributed by atoms with E-state index in [0.29, 0.717) is 30.0 Å². The van der Waals surface area contributed by atoms with Crippen molar-refractivity contribution in [3.63, 3.8) is 0 Å². The van der Waals surface area contributed by atoms with Crippen molar-refractivity contribution in [2.75, 3.05) is 24.5 Å². The number of para-hydroxylation sites is 1. The number of nitrogens with zero attached hydrogens (tertiary/aromatic N) is 3. The number of aromatic carboxylic acids is 1. The van der Waals surface area contributed by atoms with Crippen LogP contribution in [0.25, 0.3) is 22.2 Å². The average molecular weight is 576 g/mol. The summed E-state index contributed by atoms with van der Waals surface area (Å²) < 4.78 is 2.37. The van der Waals surface area contributed by atoms with E-state index in [4.69, 9.17) is 0 Å². The van der Waals surface area contributed by atoms with Gasteiger partial charge in [0.05, 0.1) is 17.8 Å². The zero-order valence-corrected chi connectivity index (χ0v) is 24.7. The number of carboxylic acid groups (broad SMARTS) is 1. The van der Waals surface area contributed by atoms with Crippen molar-refractivity contribution in [1.29, 1.82) is 0 Å². The van der Waals surface area contributed by atoms with E-state index >= 15 is 0 Å². The van der Waals surface area contributed by atoms with E-state index in [1.807, 2.05) is 12.1 Å². The molecule has 6 nitrogen and oxygen atoms in total. The largest absolute Gasteiger partial charge is 0.478 e. The molecule has 1 aromatic heterocycles. The summed E-state index contributed by atoms with van der Waals surface area (Å²) in [5, 5.41) is 11.0. The minimum atomic E-state index is -0.888. The van der Waals surface area contributed by atoms with Crippen LogP contribution in [0.5, 0.6) is 0 Å². The molecule has 2 aromatic carbocycles. The third kappa shape index (κ3) is 5.03. The lowest BCUT2D eigenvalue weighted by Gasteiger charge is -2.44. The molecular weight excluding hydrogens is 534 g/mol. The number of anilines is 1. The highest BCUT2D eigenvalue weighted by Crippen LogP contribution is 2.47. The van der Waals surface area contributed by atoms with Crippen LogP contribution in [-0.4, -0.2) is 52.1 Å². The highest BCUT2D eigenvalue weighted by atomic mass is 35.5. The van der Waals surface area contributed by atoms with Gasteiger partial charge in [0.15, 0.2) is 0 Å². The van der Waals surface area contributed by atoms with E-state index < -0.39 is 5.97 Å². The number of hydrogen-bond donors (Lipinski definition) is 1. The Balaban J connectivity index is 0.00000302. The lowest BCUT2D eigenvalue weighted by molar-refractivity contribution is -0.136. The minimum absolute atomic E-state index is 0. The number of hydrogen-bond acceptors (Lipinski definition) is 3. The molecule has 3 heterocycles. The summed E-state index contributed by atoms with van der Waals surface area (Å²) in [6.07, 6.45) is 13.5. The SMILES string of the molecule is Cl.O=C(O)c1ccc2c(C3CCCCC3)c3n(c2c1)CCN(CC(=O)N1CCCC2CCCCC21)c1ccccc1-3. The van der Waals surface area contributed by atoms with Crippen LogP contribution in [0.4, 0.5) is 5.69 Å². The molecule has 1 amide bonds. The lowest BCUT2D eigenvalue weighted by Crippen LogP contribution is -2.52. The number of rotatable bonds is 4. The Morgan fingerprint density at radius 1 is 0.829 bits per heavy atom. The maximum atomic E-state index is 13.9. The number of piperidine rings is 1. The standard InChI is InChI=1S/C34H41N3O3.ClH/c38-31(36-18-8-12-23-9-4-6-14-28(23)36)22-35-19-20-37-30-21-25(34(39)40)16-17-26(30)32(24-10-2-1-3-11-24)33(37)27-13-5-7-15-29(27)35;/h5,7,13,15-17,21,23-24,28H,1-4,6,8-12,14,18-20,22H2,(H,39,40);1H. The molecule has 3 aromatic rings. The van der Waals surface area contributed by atoms with Crippen molar-refractivity contribution in [2.45, 2.75) is 89.1 Å². The number of aromatic nitrogens is 1. The van der Waals surface area contributed by atoms with Gasteiger partial charge in [-0.3, -0.25) is 4.79 Å². The van der Waals surface area contributed by atoms with E-state index in [1.165, 1.54) is 80.0 Å². The van der Waals surface area contributed by atoms with Crippen LogP contribution in [-0.2, 0) is 11.3 Å². The van der Waals surface area contributed by atoms with Crippen molar-refractivity contribution in [2.24, 2.45) is 5.92 Å².